The second-order valence-electron chi connectivity index (χ2n) is 8.38. The topological polar surface area (TPSA) is 82.2 Å². The van der Waals surface area contributed by atoms with Crippen molar-refractivity contribution in [3.8, 4) is 0 Å². The molecule has 0 aromatic heterocycles. The van der Waals surface area contributed by atoms with Crippen molar-refractivity contribution < 1.29 is 19.1 Å². The van der Waals surface area contributed by atoms with E-state index in [1.165, 1.54) is 4.90 Å². The van der Waals surface area contributed by atoms with Gasteiger partial charge in [0.05, 0.1) is 6.67 Å². The van der Waals surface area contributed by atoms with Gasteiger partial charge in [-0.15, -0.1) is 0 Å². The van der Waals surface area contributed by atoms with Gasteiger partial charge in [0.1, 0.15) is 11.1 Å². The fourth-order valence-corrected chi connectivity index (χ4v) is 3.39. The van der Waals surface area contributed by atoms with Crippen molar-refractivity contribution >= 4 is 18.0 Å². The van der Waals surface area contributed by atoms with Crippen LogP contribution in [0.5, 0.6) is 0 Å². The second kappa shape index (κ2) is 7.43. The molecule has 4 amide bonds. The van der Waals surface area contributed by atoms with Crippen molar-refractivity contribution in [1.29, 1.82) is 0 Å². The van der Waals surface area contributed by atoms with E-state index in [4.69, 9.17) is 4.74 Å². The maximum atomic E-state index is 13.0. The molecule has 1 aromatic carbocycles. The summed E-state index contributed by atoms with van der Waals surface area (Å²) in [5.74, 6) is -0.265. The Morgan fingerprint density at radius 2 is 1.71 bits per heavy atom. The van der Waals surface area contributed by atoms with Crippen LogP contribution < -0.4 is 5.32 Å². The van der Waals surface area contributed by atoms with Crippen LogP contribution in [-0.4, -0.2) is 71.2 Å². The van der Waals surface area contributed by atoms with Crippen molar-refractivity contribution in [1.82, 2.24) is 20.0 Å². The van der Waals surface area contributed by atoms with Gasteiger partial charge < -0.3 is 15.0 Å². The zero-order valence-corrected chi connectivity index (χ0v) is 16.9. The van der Waals surface area contributed by atoms with Crippen LogP contribution in [0.15, 0.2) is 30.3 Å². The number of hydrogen-bond donors (Lipinski definition) is 1. The van der Waals surface area contributed by atoms with Gasteiger partial charge in [0.15, 0.2) is 0 Å². The number of ether oxygens (including phenoxy) is 1. The summed E-state index contributed by atoms with van der Waals surface area (Å²) in [6.45, 7) is 9.56. The summed E-state index contributed by atoms with van der Waals surface area (Å²) >= 11 is 0. The number of rotatable bonds is 3. The third kappa shape index (κ3) is 4.11. The Morgan fingerprint density at radius 3 is 2.29 bits per heavy atom. The largest absolute Gasteiger partial charge is 0.444 e. The highest BCUT2D eigenvalue weighted by molar-refractivity contribution is 6.07. The molecule has 1 atom stereocenters. The van der Waals surface area contributed by atoms with Crippen molar-refractivity contribution in [3.63, 3.8) is 0 Å². The lowest BCUT2D eigenvalue weighted by Crippen LogP contribution is -2.53. The SMILES string of the molecule is CC(C)(C)OC(=O)N1CCN(CN2C(=O)NC(C)(c3ccccc3)C2=O)CC1. The lowest BCUT2D eigenvalue weighted by atomic mass is 9.92. The zero-order valence-electron chi connectivity index (χ0n) is 16.9. The van der Waals surface area contributed by atoms with Crippen molar-refractivity contribution in [3.05, 3.63) is 35.9 Å². The summed E-state index contributed by atoms with van der Waals surface area (Å²) in [5, 5.41) is 2.81. The zero-order chi connectivity index (χ0) is 20.5. The molecule has 2 fully saturated rings. The van der Waals surface area contributed by atoms with E-state index in [-0.39, 0.29) is 18.7 Å². The van der Waals surface area contributed by atoms with Crippen molar-refractivity contribution in [2.75, 3.05) is 32.8 Å². The van der Waals surface area contributed by atoms with Gasteiger partial charge in [0.25, 0.3) is 5.91 Å². The average molecular weight is 388 g/mol. The standard InChI is InChI=1S/C20H28N4O4/c1-19(2,3)28-18(27)23-12-10-22(11-13-23)14-24-16(25)20(4,21-17(24)26)15-8-6-5-7-9-15/h5-9H,10-14H2,1-4H3,(H,21,26). The molecule has 0 bridgehead atoms. The van der Waals surface area contributed by atoms with E-state index < -0.39 is 17.2 Å². The maximum absolute atomic E-state index is 13.0. The van der Waals surface area contributed by atoms with Gasteiger partial charge in [-0.05, 0) is 33.3 Å². The first-order valence-corrected chi connectivity index (χ1v) is 9.50. The van der Waals surface area contributed by atoms with Crippen molar-refractivity contribution in [2.24, 2.45) is 0 Å². The molecule has 1 unspecified atom stereocenters. The Labute approximate surface area is 165 Å². The Balaban J connectivity index is 1.59. The first kappa shape index (κ1) is 20.1. The number of benzene rings is 1. The third-order valence-corrected chi connectivity index (χ3v) is 4.99. The summed E-state index contributed by atoms with van der Waals surface area (Å²) in [5.41, 5.74) is -0.835. The minimum absolute atomic E-state index is 0.204. The molecule has 2 saturated heterocycles. The summed E-state index contributed by atoms with van der Waals surface area (Å²) in [7, 11) is 0. The number of nitrogens with zero attached hydrogens (tertiary/aromatic N) is 3. The molecule has 0 aliphatic carbocycles. The lowest BCUT2D eigenvalue weighted by Gasteiger charge is -2.36. The number of nitrogens with one attached hydrogen (secondary N) is 1. The number of piperazine rings is 1. The number of carbonyl (C=O) groups is 3. The van der Waals surface area contributed by atoms with E-state index in [9.17, 15) is 14.4 Å². The van der Waals surface area contributed by atoms with E-state index in [1.54, 1.807) is 11.8 Å². The van der Waals surface area contributed by atoms with Gasteiger partial charge in [0.2, 0.25) is 0 Å². The van der Waals surface area contributed by atoms with Gasteiger partial charge in [-0.1, -0.05) is 30.3 Å². The fourth-order valence-electron chi connectivity index (χ4n) is 3.39. The lowest BCUT2D eigenvalue weighted by molar-refractivity contribution is -0.132. The molecule has 0 radical (unpaired) electrons. The highest BCUT2D eigenvalue weighted by atomic mass is 16.6. The molecule has 2 aliphatic rings. The highest BCUT2D eigenvalue weighted by Crippen LogP contribution is 2.28. The summed E-state index contributed by atoms with van der Waals surface area (Å²) < 4.78 is 5.40. The monoisotopic (exact) mass is 388 g/mol. The molecule has 1 aromatic rings. The van der Waals surface area contributed by atoms with Crippen LogP contribution in [0.1, 0.15) is 33.3 Å². The van der Waals surface area contributed by atoms with Gasteiger partial charge in [-0.2, -0.15) is 0 Å². The van der Waals surface area contributed by atoms with Gasteiger partial charge in [-0.3, -0.25) is 9.69 Å². The third-order valence-electron chi connectivity index (χ3n) is 4.99. The van der Waals surface area contributed by atoms with Crippen LogP contribution in [0.3, 0.4) is 0 Å². The Morgan fingerprint density at radius 1 is 1.11 bits per heavy atom. The number of urea groups is 1. The van der Waals surface area contributed by atoms with Crippen LogP contribution in [0.4, 0.5) is 9.59 Å². The molecule has 0 saturated carbocycles. The second-order valence-corrected chi connectivity index (χ2v) is 8.38. The molecule has 152 valence electrons. The van der Waals surface area contributed by atoms with Crippen LogP contribution in [0.2, 0.25) is 0 Å². The van der Waals surface area contributed by atoms with Crippen LogP contribution in [-0.2, 0) is 15.1 Å². The van der Waals surface area contributed by atoms with Crippen LogP contribution >= 0.6 is 0 Å². The van der Waals surface area contributed by atoms with E-state index in [2.05, 4.69) is 5.32 Å². The fraction of sp³-hybridized carbons (Fsp3) is 0.550. The number of hydrogen-bond acceptors (Lipinski definition) is 5. The molecule has 2 heterocycles. The molecule has 1 N–H and O–H groups in total. The smallest absolute Gasteiger partial charge is 0.410 e. The predicted molar refractivity (Wildman–Crippen MR) is 103 cm³/mol. The minimum Gasteiger partial charge on any atom is -0.444 e. The Bertz CT molecular complexity index is 753. The molecule has 28 heavy (non-hydrogen) atoms. The van der Waals surface area contributed by atoms with Gasteiger partial charge in [0, 0.05) is 26.2 Å². The van der Waals surface area contributed by atoms with Crippen molar-refractivity contribution in [2.45, 2.75) is 38.8 Å². The molecule has 8 nitrogen and oxygen atoms in total. The van der Waals surface area contributed by atoms with E-state index in [0.717, 1.165) is 5.56 Å². The predicted octanol–water partition coefficient (Wildman–Crippen LogP) is 1.96. The minimum atomic E-state index is -1.06. The number of imide groups is 1. The quantitative estimate of drug-likeness (QED) is 0.801. The number of amides is 4. The first-order chi connectivity index (χ1) is 13.1. The molecule has 8 heteroatoms. The summed E-state index contributed by atoms with van der Waals surface area (Å²) in [6.07, 6.45) is -0.334. The normalized spacial score (nSPS) is 23.7. The molecular weight excluding hydrogens is 360 g/mol. The van der Waals surface area contributed by atoms with Crippen LogP contribution in [0, 0.1) is 0 Å². The van der Waals surface area contributed by atoms with Crippen LogP contribution in [0.25, 0.3) is 0 Å². The van der Waals surface area contributed by atoms with E-state index in [1.807, 2.05) is 56.0 Å². The van der Waals surface area contributed by atoms with Gasteiger partial charge in [-0.25, -0.2) is 14.5 Å². The molecular formula is C20H28N4O4. The number of carbonyl (C=O) groups excluding carboxylic acids is 3. The highest BCUT2D eigenvalue weighted by Gasteiger charge is 2.49. The Hall–Kier alpha value is -2.61. The Kier molecular flexibility index (Phi) is 5.34. The summed E-state index contributed by atoms with van der Waals surface area (Å²) in [6, 6.07) is 8.83. The van der Waals surface area contributed by atoms with Gasteiger partial charge >= 0.3 is 12.1 Å². The molecule has 0 spiro atoms. The average Bonchev–Trinajstić information content (AvgIpc) is 2.86. The molecule has 2 aliphatic heterocycles. The summed E-state index contributed by atoms with van der Waals surface area (Å²) in [4.78, 5) is 42.5. The van der Waals surface area contributed by atoms with E-state index >= 15 is 0 Å². The maximum Gasteiger partial charge on any atom is 0.410 e. The first-order valence-electron chi connectivity index (χ1n) is 9.50. The van der Waals surface area contributed by atoms with E-state index in [0.29, 0.717) is 26.2 Å². The molecule has 3 rings (SSSR count).